The molecule has 2 unspecified atom stereocenters. The number of esters is 1. The van der Waals surface area contributed by atoms with E-state index in [1.165, 1.54) is 37.1 Å². The van der Waals surface area contributed by atoms with E-state index in [1.807, 2.05) is 0 Å². The highest BCUT2D eigenvalue weighted by atomic mass is 31.2. The zero-order valence-corrected chi connectivity index (χ0v) is 23.4. The molecule has 16 heteroatoms. The number of imidazole rings is 1. The van der Waals surface area contributed by atoms with Crippen molar-refractivity contribution in [2.45, 2.75) is 63.9 Å². The number of aliphatic hydroxyl groups is 1. The molecule has 4 N–H and O–H groups in total. The Morgan fingerprint density at radius 1 is 1.30 bits per heavy atom. The minimum atomic E-state index is -4.29. The van der Waals surface area contributed by atoms with E-state index in [0.717, 1.165) is 6.92 Å². The molecule has 6 atom stereocenters. The monoisotopic (exact) mass is 582 g/mol. The Hall–Kier alpha value is -3.36. The summed E-state index contributed by atoms with van der Waals surface area (Å²) in [6, 6.07) is 7.02. The van der Waals surface area contributed by atoms with Crippen LogP contribution in [0.15, 0.2) is 36.7 Å². The van der Waals surface area contributed by atoms with Gasteiger partial charge in [-0.05, 0) is 39.8 Å². The number of nitrogens with two attached hydrogens (primary N) is 1. The molecule has 1 aromatic carbocycles. The number of nitrogens with one attached hydrogen (secondary N) is 1. The molecule has 0 bridgehead atoms. The average Bonchev–Trinajstić information content (AvgIpc) is 3.40. The molecule has 0 saturated carbocycles. The first-order valence-corrected chi connectivity index (χ1v) is 13.9. The van der Waals surface area contributed by atoms with Crippen LogP contribution >= 0.6 is 7.75 Å². The Morgan fingerprint density at radius 3 is 2.65 bits per heavy atom. The number of fused-ring (bicyclic) bond motifs is 1. The van der Waals surface area contributed by atoms with Crippen LogP contribution < -0.4 is 20.1 Å². The van der Waals surface area contributed by atoms with Crippen molar-refractivity contribution < 1.29 is 42.1 Å². The van der Waals surface area contributed by atoms with E-state index in [9.17, 15) is 14.5 Å². The summed E-state index contributed by atoms with van der Waals surface area (Å²) in [6.45, 7) is 5.33. The molecule has 3 aromatic rings. The molecular formula is C24H32FN6O8P. The molecule has 1 aliphatic heterocycles. The molecule has 0 aliphatic carbocycles. The van der Waals surface area contributed by atoms with Gasteiger partial charge in [-0.2, -0.15) is 15.1 Å². The quantitative estimate of drug-likeness (QED) is 0.222. The van der Waals surface area contributed by atoms with Gasteiger partial charge in [0.05, 0.1) is 26.1 Å². The fourth-order valence-electron chi connectivity index (χ4n) is 4.08. The van der Waals surface area contributed by atoms with Gasteiger partial charge in [0, 0.05) is 0 Å². The van der Waals surface area contributed by atoms with E-state index in [1.54, 1.807) is 32.0 Å². The van der Waals surface area contributed by atoms with E-state index in [-0.39, 0.29) is 28.7 Å². The number of alkyl halides is 1. The molecule has 1 fully saturated rings. The van der Waals surface area contributed by atoms with Crippen molar-refractivity contribution in [2.24, 2.45) is 0 Å². The third-order valence-electron chi connectivity index (χ3n) is 6.00. The normalized spacial score (nSPS) is 25.1. The lowest BCUT2D eigenvalue weighted by Crippen LogP contribution is -2.41. The maximum atomic E-state index is 15.9. The number of carbonyl (C=O) groups is 1. The van der Waals surface area contributed by atoms with Crippen molar-refractivity contribution in [1.82, 2.24) is 24.6 Å². The van der Waals surface area contributed by atoms with E-state index < -0.39 is 56.6 Å². The van der Waals surface area contributed by atoms with Crippen LogP contribution in [0.2, 0.25) is 0 Å². The van der Waals surface area contributed by atoms with Gasteiger partial charge in [-0.1, -0.05) is 18.2 Å². The second kappa shape index (κ2) is 11.6. The van der Waals surface area contributed by atoms with Crippen LogP contribution in [0.4, 0.5) is 10.3 Å². The minimum Gasteiger partial charge on any atom is -0.479 e. The van der Waals surface area contributed by atoms with Crippen LogP contribution in [0.1, 0.15) is 33.9 Å². The highest BCUT2D eigenvalue weighted by Gasteiger charge is 2.56. The number of benzene rings is 1. The Morgan fingerprint density at radius 2 is 2.00 bits per heavy atom. The Bertz CT molecular complexity index is 1390. The first-order chi connectivity index (χ1) is 18.8. The Kier molecular flexibility index (Phi) is 8.61. The largest absolute Gasteiger partial charge is 0.479 e. The summed E-state index contributed by atoms with van der Waals surface area (Å²) in [6.07, 6.45) is -3.63. The summed E-state index contributed by atoms with van der Waals surface area (Å²) >= 11 is 0. The van der Waals surface area contributed by atoms with Gasteiger partial charge < -0.3 is 29.6 Å². The molecule has 218 valence electrons. The molecule has 0 radical (unpaired) electrons. The van der Waals surface area contributed by atoms with Gasteiger partial charge in [-0.25, -0.2) is 13.9 Å². The number of aromatic nitrogens is 4. The van der Waals surface area contributed by atoms with E-state index in [2.05, 4.69) is 20.0 Å². The van der Waals surface area contributed by atoms with Crippen molar-refractivity contribution in [2.75, 3.05) is 19.5 Å². The van der Waals surface area contributed by atoms with Gasteiger partial charge in [-0.3, -0.25) is 13.9 Å². The van der Waals surface area contributed by atoms with Crippen molar-refractivity contribution >= 4 is 30.8 Å². The number of hydrogen-bond acceptors (Lipinski definition) is 12. The number of anilines is 1. The highest BCUT2D eigenvalue weighted by Crippen LogP contribution is 2.48. The van der Waals surface area contributed by atoms with Gasteiger partial charge in [0.25, 0.3) is 0 Å². The summed E-state index contributed by atoms with van der Waals surface area (Å²) in [5.41, 5.74) is 3.71. The van der Waals surface area contributed by atoms with E-state index >= 15 is 4.39 Å². The van der Waals surface area contributed by atoms with Gasteiger partial charge in [0.1, 0.15) is 24.0 Å². The topological polar surface area (TPSA) is 182 Å². The Balaban J connectivity index is 1.56. The lowest BCUT2D eigenvalue weighted by molar-refractivity contribution is -0.149. The number of para-hydroxylation sites is 1. The molecule has 4 rings (SSSR count). The highest BCUT2D eigenvalue weighted by molar-refractivity contribution is 7.52. The SMILES string of the molecule is COc1nc(N)nc2c1ncn2C1O[C@H](CO[P@](=O)(NC(C)C(=O)OC(C)C)Oc2ccccc2)[C@@H](O)[C@@]1(C)F. The number of hydrogen-bond donors (Lipinski definition) is 3. The van der Waals surface area contributed by atoms with Crippen LogP contribution in [-0.2, 0) is 23.4 Å². The first kappa shape index (κ1) is 29.6. The van der Waals surface area contributed by atoms with Gasteiger partial charge in [-0.15, -0.1) is 0 Å². The number of halogens is 1. The van der Waals surface area contributed by atoms with Crippen molar-refractivity contribution in [3.05, 3.63) is 36.7 Å². The summed E-state index contributed by atoms with van der Waals surface area (Å²) in [5, 5.41) is 13.4. The van der Waals surface area contributed by atoms with Crippen molar-refractivity contribution in [3.63, 3.8) is 0 Å². The lowest BCUT2D eigenvalue weighted by Gasteiger charge is -2.25. The maximum absolute atomic E-state index is 15.9. The molecule has 40 heavy (non-hydrogen) atoms. The fourth-order valence-corrected chi connectivity index (χ4v) is 5.58. The van der Waals surface area contributed by atoms with Gasteiger partial charge >= 0.3 is 13.7 Å². The molecule has 0 spiro atoms. The zero-order valence-electron chi connectivity index (χ0n) is 22.6. The summed E-state index contributed by atoms with van der Waals surface area (Å²) in [5.74, 6) is -0.566. The number of aliphatic hydroxyl groups excluding tert-OH is 1. The predicted octanol–water partition coefficient (Wildman–Crippen LogP) is 2.54. The standard InChI is InChI=1S/C24H32FN6O8P/c1-13(2)37-21(33)14(3)30-40(34,39-15-9-7-6-8-10-15)36-11-16-18(32)24(4,25)22(38-16)31-12-27-17-19(31)28-23(26)29-20(17)35-5/h6-10,12-14,16,18,22,32H,11H2,1-5H3,(H,30,34)(H2,26,28,29)/t14?,16-,18-,22?,24-,40-/m1/s1. The predicted molar refractivity (Wildman–Crippen MR) is 140 cm³/mol. The summed E-state index contributed by atoms with van der Waals surface area (Å²) < 4.78 is 58.3. The van der Waals surface area contributed by atoms with Crippen LogP contribution in [0.3, 0.4) is 0 Å². The van der Waals surface area contributed by atoms with Crippen molar-refractivity contribution in [1.29, 1.82) is 0 Å². The van der Waals surface area contributed by atoms with Crippen LogP contribution in [0.5, 0.6) is 11.6 Å². The molecule has 1 saturated heterocycles. The van der Waals surface area contributed by atoms with Gasteiger partial charge in [0.15, 0.2) is 23.1 Å². The first-order valence-electron chi connectivity index (χ1n) is 12.4. The minimum absolute atomic E-state index is 0.0791. The Labute approximate surface area is 229 Å². The second-order valence-corrected chi connectivity index (χ2v) is 11.3. The molecule has 1 aliphatic rings. The number of nitrogen functional groups attached to an aromatic ring is 1. The number of methoxy groups -OCH3 is 1. The molecule has 2 aromatic heterocycles. The molecule has 0 amide bonds. The molecular weight excluding hydrogens is 550 g/mol. The average molecular weight is 583 g/mol. The molecule has 14 nitrogen and oxygen atoms in total. The van der Waals surface area contributed by atoms with Crippen LogP contribution in [0.25, 0.3) is 11.2 Å². The van der Waals surface area contributed by atoms with Gasteiger partial charge in [0.2, 0.25) is 11.8 Å². The van der Waals surface area contributed by atoms with E-state index in [4.69, 9.17) is 29.0 Å². The third-order valence-corrected chi connectivity index (χ3v) is 7.65. The fraction of sp³-hybridized carbons (Fsp3) is 0.500. The smallest absolute Gasteiger partial charge is 0.459 e. The van der Waals surface area contributed by atoms with Crippen LogP contribution in [-0.4, -0.2) is 74.3 Å². The molecule has 3 heterocycles. The van der Waals surface area contributed by atoms with Crippen molar-refractivity contribution in [3.8, 4) is 11.6 Å². The summed E-state index contributed by atoms with van der Waals surface area (Å²) in [7, 11) is -2.92. The van der Waals surface area contributed by atoms with E-state index in [0.29, 0.717) is 0 Å². The number of rotatable bonds is 11. The van der Waals surface area contributed by atoms with Crippen LogP contribution in [0, 0.1) is 0 Å². The second-order valence-electron chi connectivity index (χ2n) is 9.57. The number of carbonyl (C=O) groups excluding carboxylic acids is 1. The third kappa shape index (κ3) is 6.18. The summed E-state index contributed by atoms with van der Waals surface area (Å²) in [4.78, 5) is 24.6. The lowest BCUT2D eigenvalue weighted by atomic mass is 9.98. The maximum Gasteiger partial charge on any atom is 0.459 e. The zero-order chi connectivity index (χ0) is 29.2. The number of ether oxygens (including phenoxy) is 3. The number of nitrogens with zero attached hydrogens (tertiary/aromatic N) is 4.